The van der Waals surface area contributed by atoms with Crippen molar-refractivity contribution in [1.29, 1.82) is 0 Å². The van der Waals surface area contributed by atoms with Gasteiger partial charge in [-0.25, -0.2) is 0 Å². The first-order chi connectivity index (χ1) is 8.33. The molecule has 1 heterocycles. The zero-order valence-electron chi connectivity index (χ0n) is 10.1. The van der Waals surface area contributed by atoms with Crippen molar-refractivity contribution in [1.82, 2.24) is 4.57 Å². The fourth-order valence-electron chi connectivity index (χ4n) is 1.84. The summed E-state index contributed by atoms with van der Waals surface area (Å²) < 4.78 is 2.22. The molecule has 1 aromatic heterocycles. The van der Waals surface area contributed by atoms with E-state index in [1.54, 1.807) is 0 Å². The van der Waals surface area contributed by atoms with E-state index in [9.17, 15) is 0 Å². The van der Waals surface area contributed by atoms with E-state index in [1.165, 1.54) is 5.69 Å². The van der Waals surface area contributed by atoms with Gasteiger partial charge in [0.05, 0.1) is 13.2 Å². The van der Waals surface area contributed by atoms with Crippen LogP contribution >= 0.6 is 0 Å². The lowest BCUT2D eigenvalue weighted by Crippen LogP contribution is -2.05. The van der Waals surface area contributed by atoms with E-state index in [0.717, 1.165) is 24.3 Å². The second-order valence-corrected chi connectivity index (χ2v) is 3.99. The predicted molar refractivity (Wildman–Crippen MR) is 69.8 cm³/mol. The van der Waals surface area contributed by atoms with Crippen molar-refractivity contribution >= 4 is 5.69 Å². The fourth-order valence-corrected chi connectivity index (χ4v) is 1.84. The fraction of sp³-hybridized carbons (Fsp3) is 0.286. The Labute approximate surface area is 102 Å². The normalized spacial score (nSPS) is 10.5. The van der Waals surface area contributed by atoms with E-state index in [2.05, 4.69) is 35.1 Å². The minimum atomic E-state index is 0.0962. The first kappa shape index (κ1) is 11.7. The number of hydrogen-bond acceptors (Lipinski definition) is 2. The second kappa shape index (κ2) is 5.55. The minimum Gasteiger partial charge on any atom is -0.392 e. The highest BCUT2D eigenvalue weighted by atomic mass is 16.3. The van der Waals surface area contributed by atoms with Gasteiger partial charge in [0.2, 0.25) is 0 Å². The van der Waals surface area contributed by atoms with Gasteiger partial charge in [0.1, 0.15) is 0 Å². The number of aromatic nitrogens is 1. The molecule has 0 fully saturated rings. The lowest BCUT2D eigenvalue weighted by atomic mass is 10.2. The van der Waals surface area contributed by atoms with E-state index >= 15 is 0 Å². The summed E-state index contributed by atoms with van der Waals surface area (Å²) in [6.45, 7) is 4.05. The molecule has 0 saturated heterocycles. The van der Waals surface area contributed by atoms with Gasteiger partial charge in [0.25, 0.3) is 0 Å². The van der Waals surface area contributed by atoms with Gasteiger partial charge in [-0.05, 0) is 36.8 Å². The Bertz CT molecular complexity index is 459. The third-order valence-corrected chi connectivity index (χ3v) is 2.87. The van der Waals surface area contributed by atoms with E-state index < -0.39 is 0 Å². The first-order valence-electron chi connectivity index (χ1n) is 5.91. The van der Waals surface area contributed by atoms with Gasteiger partial charge in [0.15, 0.2) is 0 Å². The molecule has 1 aromatic carbocycles. The van der Waals surface area contributed by atoms with Crippen LogP contribution in [0, 0.1) is 0 Å². The molecule has 2 aromatic rings. The summed E-state index contributed by atoms with van der Waals surface area (Å²) in [5, 5.41) is 12.3. The third kappa shape index (κ3) is 2.88. The summed E-state index contributed by atoms with van der Waals surface area (Å²) in [5.74, 6) is 0. The first-order valence-corrected chi connectivity index (χ1v) is 5.91. The number of benzene rings is 1. The largest absolute Gasteiger partial charge is 0.392 e. The molecule has 0 aliphatic heterocycles. The lowest BCUT2D eigenvalue weighted by Gasteiger charge is -2.09. The van der Waals surface area contributed by atoms with Gasteiger partial charge in [0, 0.05) is 24.1 Å². The Kier molecular flexibility index (Phi) is 3.83. The van der Waals surface area contributed by atoms with Crippen molar-refractivity contribution in [2.75, 3.05) is 5.32 Å². The van der Waals surface area contributed by atoms with Crippen molar-refractivity contribution < 1.29 is 5.11 Å². The Hall–Kier alpha value is -1.74. The molecule has 0 amide bonds. The Morgan fingerprint density at radius 2 is 1.94 bits per heavy atom. The van der Waals surface area contributed by atoms with Crippen LogP contribution in [-0.2, 0) is 19.7 Å². The summed E-state index contributed by atoms with van der Waals surface area (Å²) in [4.78, 5) is 0. The summed E-state index contributed by atoms with van der Waals surface area (Å²) >= 11 is 0. The molecular weight excluding hydrogens is 212 g/mol. The molecule has 3 heteroatoms. The molecular formula is C14H18N2O. The minimum absolute atomic E-state index is 0.0962. The number of nitrogens with zero attached hydrogens (tertiary/aromatic N) is 1. The van der Waals surface area contributed by atoms with Gasteiger partial charge >= 0.3 is 0 Å². The monoisotopic (exact) mass is 230 g/mol. The van der Waals surface area contributed by atoms with Crippen LogP contribution in [-0.4, -0.2) is 9.67 Å². The summed E-state index contributed by atoms with van der Waals surface area (Å²) in [5.41, 5.74) is 3.29. The van der Waals surface area contributed by atoms with Crippen LogP contribution in [0.5, 0.6) is 0 Å². The maximum atomic E-state index is 8.95. The smallest absolute Gasteiger partial charge is 0.0681 e. The van der Waals surface area contributed by atoms with Gasteiger partial charge in [-0.1, -0.05) is 12.1 Å². The molecule has 3 nitrogen and oxygen atoms in total. The average molecular weight is 230 g/mol. The molecule has 0 bridgehead atoms. The van der Waals surface area contributed by atoms with Gasteiger partial charge < -0.3 is 15.0 Å². The van der Waals surface area contributed by atoms with Crippen LogP contribution in [0.3, 0.4) is 0 Å². The summed E-state index contributed by atoms with van der Waals surface area (Å²) in [7, 11) is 0. The van der Waals surface area contributed by atoms with E-state index in [4.69, 9.17) is 5.11 Å². The standard InChI is InChI=1S/C14H18N2O/c1-2-16-9-3-4-14(16)10-15-13-7-5-12(11-17)6-8-13/h3-9,15,17H,2,10-11H2,1H3. The third-order valence-electron chi connectivity index (χ3n) is 2.87. The number of hydrogen-bond donors (Lipinski definition) is 2. The predicted octanol–water partition coefficient (Wildman–Crippen LogP) is 2.61. The molecule has 2 rings (SSSR count). The van der Waals surface area contributed by atoms with E-state index in [1.807, 2.05) is 24.3 Å². The van der Waals surface area contributed by atoms with Crippen molar-refractivity contribution in [2.24, 2.45) is 0 Å². The average Bonchev–Trinajstić information content (AvgIpc) is 2.84. The number of rotatable bonds is 5. The van der Waals surface area contributed by atoms with Crippen LogP contribution in [0.25, 0.3) is 0 Å². The number of anilines is 1. The van der Waals surface area contributed by atoms with Gasteiger partial charge in [-0.15, -0.1) is 0 Å². The van der Waals surface area contributed by atoms with E-state index in [-0.39, 0.29) is 6.61 Å². The van der Waals surface area contributed by atoms with Crippen molar-refractivity contribution in [3.8, 4) is 0 Å². The van der Waals surface area contributed by atoms with Crippen molar-refractivity contribution in [2.45, 2.75) is 26.6 Å². The quantitative estimate of drug-likeness (QED) is 0.828. The van der Waals surface area contributed by atoms with Gasteiger partial charge in [-0.2, -0.15) is 0 Å². The highest BCUT2D eigenvalue weighted by Gasteiger charge is 1.99. The lowest BCUT2D eigenvalue weighted by molar-refractivity contribution is 0.282. The topological polar surface area (TPSA) is 37.2 Å². The Morgan fingerprint density at radius 3 is 2.59 bits per heavy atom. The molecule has 0 atom stereocenters. The number of aliphatic hydroxyl groups excluding tert-OH is 1. The SMILES string of the molecule is CCn1cccc1CNc1ccc(CO)cc1. The van der Waals surface area contributed by atoms with Crippen LogP contribution < -0.4 is 5.32 Å². The Morgan fingerprint density at radius 1 is 1.18 bits per heavy atom. The molecule has 0 saturated carbocycles. The zero-order chi connectivity index (χ0) is 12.1. The summed E-state index contributed by atoms with van der Waals surface area (Å²) in [6.07, 6.45) is 2.09. The number of aliphatic hydroxyl groups is 1. The highest BCUT2D eigenvalue weighted by molar-refractivity contribution is 5.44. The van der Waals surface area contributed by atoms with Crippen LogP contribution in [0.1, 0.15) is 18.2 Å². The van der Waals surface area contributed by atoms with Crippen LogP contribution in [0.4, 0.5) is 5.69 Å². The molecule has 0 spiro atoms. The van der Waals surface area contributed by atoms with Gasteiger partial charge in [-0.3, -0.25) is 0 Å². The van der Waals surface area contributed by atoms with E-state index in [0.29, 0.717) is 0 Å². The number of nitrogens with one attached hydrogen (secondary N) is 1. The molecule has 0 aliphatic carbocycles. The molecule has 17 heavy (non-hydrogen) atoms. The number of aryl methyl sites for hydroxylation is 1. The van der Waals surface area contributed by atoms with Crippen LogP contribution in [0.2, 0.25) is 0 Å². The molecule has 0 aliphatic rings. The molecule has 0 unspecified atom stereocenters. The molecule has 2 N–H and O–H groups in total. The zero-order valence-corrected chi connectivity index (χ0v) is 10.1. The van der Waals surface area contributed by atoms with Crippen molar-refractivity contribution in [3.63, 3.8) is 0 Å². The van der Waals surface area contributed by atoms with Crippen molar-refractivity contribution in [3.05, 3.63) is 53.9 Å². The molecule has 90 valence electrons. The Balaban J connectivity index is 1.97. The summed E-state index contributed by atoms with van der Waals surface area (Å²) in [6, 6.07) is 12.0. The maximum absolute atomic E-state index is 8.95. The maximum Gasteiger partial charge on any atom is 0.0681 e. The second-order valence-electron chi connectivity index (χ2n) is 3.99. The van der Waals surface area contributed by atoms with Crippen LogP contribution in [0.15, 0.2) is 42.6 Å². The molecule has 0 radical (unpaired) electrons. The highest BCUT2D eigenvalue weighted by Crippen LogP contribution is 2.11.